The fourth-order valence-electron chi connectivity index (χ4n) is 1.56. The molecule has 1 rings (SSSR count). The fourth-order valence-corrected chi connectivity index (χ4v) is 2.04. The molecule has 0 aromatic heterocycles. The summed E-state index contributed by atoms with van der Waals surface area (Å²) in [4.78, 5) is 23.5. The molecule has 1 aromatic rings. The smallest absolute Gasteiger partial charge is 0.251 e. The normalized spacial score (nSPS) is 11.8. The summed E-state index contributed by atoms with van der Waals surface area (Å²) in [7, 11) is 0. The molecule has 1 aromatic carbocycles. The number of nitrogen functional groups attached to an aromatic ring is 1. The Hall–Kier alpha value is -1.46. The van der Waals surface area contributed by atoms with Crippen LogP contribution in [0.5, 0.6) is 0 Å². The van der Waals surface area contributed by atoms with Gasteiger partial charge < -0.3 is 16.4 Å². The van der Waals surface area contributed by atoms with Gasteiger partial charge in [0.1, 0.15) is 0 Å². The van der Waals surface area contributed by atoms with Crippen molar-refractivity contribution < 1.29 is 9.59 Å². The van der Waals surface area contributed by atoms with Crippen molar-refractivity contribution in [1.29, 1.82) is 0 Å². The van der Waals surface area contributed by atoms with Crippen LogP contribution in [0.2, 0.25) is 10.0 Å². The van der Waals surface area contributed by atoms with E-state index in [4.69, 9.17) is 28.9 Å². The molecule has 1 unspecified atom stereocenters. The van der Waals surface area contributed by atoms with E-state index in [9.17, 15) is 9.59 Å². The fraction of sp³-hybridized carbons (Fsp3) is 0.429. The summed E-state index contributed by atoms with van der Waals surface area (Å²) >= 11 is 11.7. The highest BCUT2D eigenvalue weighted by Gasteiger charge is 2.12. The first-order chi connectivity index (χ1) is 9.85. The van der Waals surface area contributed by atoms with Crippen molar-refractivity contribution in [3.63, 3.8) is 0 Å². The number of carbonyl (C=O) groups is 2. The Labute approximate surface area is 134 Å². The summed E-state index contributed by atoms with van der Waals surface area (Å²) in [5, 5.41) is 5.91. The lowest BCUT2D eigenvalue weighted by molar-refractivity contribution is -0.121. The van der Waals surface area contributed by atoms with Crippen LogP contribution in [0, 0.1) is 0 Å². The summed E-state index contributed by atoms with van der Waals surface area (Å²) < 4.78 is 0. The highest BCUT2D eigenvalue weighted by atomic mass is 35.5. The first-order valence-corrected chi connectivity index (χ1v) is 7.42. The Morgan fingerprint density at radius 3 is 2.38 bits per heavy atom. The van der Waals surface area contributed by atoms with Crippen LogP contribution in [0.1, 0.15) is 37.0 Å². The van der Waals surface area contributed by atoms with Gasteiger partial charge in [-0.2, -0.15) is 0 Å². The number of nitrogens with two attached hydrogens (primary N) is 1. The summed E-state index contributed by atoms with van der Waals surface area (Å²) in [6.45, 7) is 4.15. The van der Waals surface area contributed by atoms with Crippen molar-refractivity contribution in [3.05, 3.63) is 27.7 Å². The number of benzene rings is 1. The molecule has 0 aliphatic rings. The van der Waals surface area contributed by atoms with E-state index >= 15 is 0 Å². The first kappa shape index (κ1) is 17.6. The number of anilines is 1. The Balaban J connectivity index is 2.50. The average Bonchev–Trinajstić information content (AvgIpc) is 2.43. The number of hydrogen-bond acceptors (Lipinski definition) is 3. The minimum Gasteiger partial charge on any atom is -0.396 e. The summed E-state index contributed by atoms with van der Waals surface area (Å²) in [5.41, 5.74) is 6.15. The van der Waals surface area contributed by atoms with E-state index in [2.05, 4.69) is 10.6 Å². The number of hydrogen-bond donors (Lipinski definition) is 3. The monoisotopic (exact) mass is 331 g/mol. The van der Waals surface area contributed by atoms with Crippen molar-refractivity contribution in [1.82, 2.24) is 10.6 Å². The molecule has 0 saturated heterocycles. The molecule has 0 aliphatic carbocycles. The van der Waals surface area contributed by atoms with E-state index < -0.39 is 0 Å². The van der Waals surface area contributed by atoms with Gasteiger partial charge in [0.2, 0.25) is 5.91 Å². The van der Waals surface area contributed by atoms with Gasteiger partial charge in [-0.15, -0.1) is 0 Å². The van der Waals surface area contributed by atoms with Gasteiger partial charge in [0.05, 0.1) is 15.7 Å². The van der Waals surface area contributed by atoms with Crippen LogP contribution < -0.4 is 16.4 Å². The van der Waals surface area contributed by atoms with Crippen LogP contribution in [0.4, 0.5) is 5.69 Å². The molecular weight excluding hydrogens is 313 g/mol. The highest BCUT2D eigenvalue weighted by Crippen LogP contribution is 2.28. The molecule has 116 valence electrons. The van der Waals surface area contributed by atoms with Crippen LogP contribution in [0.15, 0.2) is 12.1 Å². The zero-order chi connectivity index (χ0) is 16.0. The van der Waals surface area contributed by atoms with Crippen molar-refractivity contribution in [3.8, 4) is 0 Å². The van der Waals surface area contributed by atoms with Crippen LogP contribution in [-0.4, -0.2) is 24.4 Å². The maximum Gasteiger partial charge on any atom is 0.251 e. The SMILES string of the molecule is CCC(C)NC(=O)CCNC(=O)c1cc(Cl)c(N)c(Cl)c1. The Morgan fingerprint density at radius 1 is 1.29 bits per heavy atom. The molecule has 21 heavy (non-hydrogen) atoms. The van der Waals surface area contributed by atoms with E-state index in [1.54, 1.807) is 0 Å². The average molecular weight is 332 g/mol. The van der Waals surface area contributed by atoms with Crippen LogP contribution >= 0.6 is 23.2 Å². The Kier molecular flexibility index (Phi) is 6.78. The van der Waals surface area contributed by atoms with Crippen molar-refractivity contribution in [2.45, 2.75) is 32.7 Å². The largest absolute Gasteiger partial charge is 0.396 e. The molecule has 1 atom stereocenters. The molecule has 0 heterocycles. The molecule has 0 aliphatic heterocycles. The number of halogens is 2. The molecule has 0 fully saturated rings. The minimum absolute atomic E-state index is 0.0991. The van der Waals surface area contributed by atoms with Gasteiger partial charge in [0, 0.05) is 24.6 Å². The van der Waals surface area contributed by atoms with Crippen LogP contribution in [-0.2, 0) is 4.79 Å². The van der Waals surface area contributed by atoms with Crippen LogP contribution in [0.3, 0.4) is 0 Å². The van der Waals surface area contributed by atoms with Gasteiger partial charge in [-0.1, -0.05) is 30.1 Å². The maximum atomic E-state index is 11.9. The number of carbonyl (C=O) groups excluding carboxylic acids is 2. The van der Waals surface area contributed by atoms with Crippen molar-refractivity contribution >= 4 is 40.7 Å². The topological polar surface area (TPSA) is 84.2 Å². The van der Waals surface area contributed by atoms with E-state index in [0.717, 1.165) is 6.42 Å². The summed E-state index contributed by atoms with van der Waals surface area (Å²) in [6, 6.07) is 3.01. The van der Waals surface area contributed by atoms with E-state index in [1.165, 1.54) is 12.1 Å². The zero-order valence-electron chi connectivity index (χ0n) is 12.0. The van der Waals surface area contributed by atoms with Gasteiger partial charge >= 0.3 is 0 Å². The van der Waals surface area contributed by atoms with E-state index in [-0.39, 0.29) is 46.6 Å². The predicted molar refractivity (Wildman–Crippen MR) is 85.7 cm³/mol. The molecule has 5 nitrogen and oxygen atoms in total. The molecule has 2 amide bonds. The number of amides is 2. The first-order valence-electron chi connectivity index (χ1n) is 6.67. The summed E-state index contributed by atoms with van der Waals surface area (Å²) in [5.74, 6) is -0.451. The lowest BCUT2D eigenvalue weighted by atomic mass is 10.2. The van der Waals surface area contributed by atoms with Crippen molar-refractivity contribution in [2.75, 3.05) is 12.3 Å². The predicted octanol–water partition coefficient (Wildman–Crippen LogP) is 2.61. The lowest BCUT2D eigenvalue weighted by Gasteiger charge is -2.12. The lowest BCUT2D eigenvalue weighted by Crippen LogP contribution is -2.35. The van der Waals surface area contributed by atoms with E-state index in [0.29, 0.717) is 5.56 Å². The van der Waals surface area contributed by atoms with Crippen LogP contribution in [0.25, 0.3) is 0 Å². The van der Waals surface area contributed by atoms with Crippen molar-refractivity contribution in [2.24, 2.45) is 0 Å². The third-order valence-corrected chi connectivity index (χ3v) is 3.62. The second-order valence-electron chi connectivity index (χ2n) is 4.74. The molecule has 0 radical (unpaired) electrons. The molecule has 0 bridgehead atoms. The second kappa shape index (κ2) is 8.10. The second-order valence-corrected chi connectivity index (χ2v) is 5.55. The maximum absolute atomic E-state index is 11.9. The molecule has 7 heteroatoms. The third-order valence-electron chi connectivity index (χ3n) is 3.00. The van der Waals surface area contributed by atoms with Gasteiger partial charge in [0.15, 0.2) is 0 Å². The van der Waals surface area contributed by atoms with Gasteiger partial charge in [0.25, 0.3) is 5.91 Å². The van der Waals surface area contributed by atoms with Gasteiger partial charge in [-0.05, 0) is 25.5 Å². The molecule has 4 N–H and O–H groups in total. The number of nitrogens with one attached hydrogen (secondary N) is 2. The Morgan fingerprint density at radius 2 is 1.86 bits per heavy atom. The quantitative estimate of drug-likeness (QED) is 0.700. The standard InChI is InChI=1S/C14H19Cl2N3O2/c1-3-8(2)19-12(20)4-5-18-14(21)9-6-10(15)13(17)11(16)7-9/h6-8H,3-5,17H2,1-2H3,(H,18,21)(H,19,20). The molecule has 0 saturated carbocycles. The number of rotatable bonds is 6. The van der Waals surface area contributed by atoms with Gasteiger partial charge in [-0.25, -0.2) is 0 Å². The summed E-state index contributed by atoms with van der Waals surface area (Å²) in [6.07, 6.45) is 1.08. The third kappa shape index (κ3) is 5.44. The van der Waals surface area contributed by atoms with E-state index in [1.807, 2.05) is 13.8 Å². The zero-order valence-corrected chi connectivity index (χ0v) is 13.5. The Bertz CT molecular complexity index is 512. The van der Waals surface area contributed by atoms with Gasteiger partial charge in [-0.3, -0.25) is 9.59 Å². The molecule has 0 spiro atoms. The molecular formula is C14H19Cl2N3O2. The highest BCUT2D eigenvalue weighted by molar-refractivity contribution is 6.39. The minimum atomic E-state index is -0.352.